The quantitative estimate of drug-likeness (QED) is 0.349. The highest BCUT2D eigenvalue weighted by Crippen LogP contribution is 2.38. The predicted octanol–water partition coefficient (Wildman–Crippen LogP) is 5.08. The summed E-state index contributed by atoms with van der Waals surface area (Å²) in [4.78, 5) is 18.6. The molecule has 0 fully saturated rings. The molecule has 0 aliphatic carbocycles. The molecule has 0 radical (unpaired) electrons. The molecule has 3 aromatic rings. The third-order valence-corrected chi connectivity index (χ3v) is 7.77. The van der Waals surface area contributed by atoms with Gasteiger partial charge in [0.1, 0.15) is 10.7 Å². The Kier molecular flexibility index (Phi) is 6.45. The number of nitrogens with zero attached hydrogens (tertiary/aromatic N) is 2. The van der Waals surface area contributed by atoms with E-state index in [2.05, 4.69) is 4.99 Å². The summed E-state index contributed by atoms with van der Waals surface area (Å²) in [7, 11) is -2.69. The third-order valence-electron chi connectivity index (χ3n) is 5.69. The summed E-state index contributed by atoms with van der Waals surface area (Å²) < 4.78 is 36.2. The first-order chi connectivity index (χ1) is 17.8. The van der Waals surface area contributed by atoms with Crippen LogP contribution >= 0.6 is 11.8 Å². The van der Waals surface area contributed by atoms with Gasteiger partial charge in [-0.2, -0.15) is 13.4 Å². The fraction of sp³-hybridized carbons (Fsp3) is 0.0741. The van der Waals surface area contributed by atoms with E-state index in [-0.39, 0.29) is 27.8 Å². The van der Waals surface area contributed by atoms with E-state index in [9.17, 15) is 13.2 Å². The van der Waals surface area contributed by atoms with Crippen molar-refractivity contribution in [1.29, 1.82) is 5.41 Å². The number of benzene rings is 3. The minimum Gasteiger partial charge on any atom is -0.493 e. The van der Waals surface area contributed by atoms with Crippen LogP contribution in [0.15, 0.2) is 93.7 Å². The molecule has 37 heavy (non-hydrogen) atoms. The number of amides is 1. The number of hydrogen-bond donors (Lipinski definition) is 1. The number of thioether (sulfide) groups is 1. The molecule has 2 aliphatic heterocycles. The number of carbonyl (C=O) groups is 1. The van der Waals surface area contributed by atoms with Crippen molar-refractivity contribution in [3.8, 4) is 11.5 Å². The van der Waals surface area contributed by atoms with E-state index in [1.807, 2.05) is 42.7 Å². The van der Waals surface area contributed by atoms with E-state index in [1.54, 1.807) is 29.2 Å². The summed E-state index contributed by atoms with van der Waals surface area (Å²) >= 11 is 1.29. The van der Waals surface area contributed by atoms with Gasteiger partial charge in [0, 0.05) is 5.41 Å². The van der Waals surface area contributed by atoms with Crippen LogP contribution in [0, 0.1) is 12.3 Å². The second-order valence-corrected chi connectivity index (χ2v) is 10.6. The van der Waals surface area contributed by atoms with Crippen molar-refractivity contribution >= 4 is 50.6 Å². The average Bonchev–Trinajstić information content (AvgIpc) is 3.32. The highest BCUT2D eigenvalue weighted by molar-refractivity contribution is 8.17. The summed E-state index contributed by atoms with van der Waals surface area (Å²) in [5.74, 6) is -0.379. The molecule has 8 nitrogen and oxygen atoms in total. The molecule has 0 bridgehead atoms. The fourth-order valence-corrected chi connectivity index (χ4v) is 5.62. The van der Waals surface area contributed by atoms with Gasteiger partial charge in [0.05, 0.1) is 18.4 Å². The van der Waals surface area contributed by atoms with Crippen LogP contribution in [0.1, 0.15) is 16.7 Å². The molecular formula is C27H21N3O5S2. The minimum absolute atomic E-state index is 0.000759. The lowest BCUT2D eigenvalue weighted by molar-refractivity contribution is -0.114. The Morgan fingerprint density at radius 2 is 1.73 bits per heavy atom. The molecule has 2 heterocycles. The zero-order valence-electron chi connectivity index (χ0n) is 19.8. The smallest absolute Gasteiger partial charge is 0.339 e. The Balaban J connectivity index is 1.44. The summed E-state index contributed by atoms with van der Waals surface area (Å²) in [5.41, 5.74) is 3.19. The first kappa shape index (κ1) is 24.5. The summed E-state index contributed by atoms with van der Waals surface area (Å²) in [6.45, 7) is 1.86. The Labute approximate surface area is 218 Å². The predicted molar refractivity (Wildman–Crippen MR) is 144 cm³/mol. The summed E-state index contributed by atoms with van der Waals surface area (Å²) in [5, 5.41) is 11.1. The van der Waals surface area contributed by atoms with Crippen LogP contribution in [-0.2, 0) is 14.9 Å². The van der Waals surface area contributed by atoms with Crippen molar-refractivity contribution < 1.29 is 22.1 Å². The van der Waals surface area contributed by atoms with Gasteiger partial charge in [-0.15, -0.1) is 0 Å². The van der Waals surface area contributed by atoms with E-state index >= 15 is 0 Å². The molecule has 186 valence electrons. The lowest BCUT2D eigenvalue weighted by Gasteiger charge is -2.27. The van der Waals surface area contributed by atoms with E-state index in [4.69, 9.17) is 14.3 Å². The Hall–Kier alpha value is -4.15. The van der Waals surface area contributed by atoms with Gasteiger partial charge in [-0.1, -0.05) is 65.9 Å². The SMILES string of the molecule is COc1cc(C=C2C(=N)N3C(c4ccccc4)=CSC3=NC2=O)ccc1OS(=O)(=O)c1ccc(C)cc1. The van der Waals surface area contributed by atoms with Crippen LogP contribution in [0.5, 0.6) is 11.5 Å². The number of aryl methyl sites for hydroxylation is 1. The Bertz CT molecular complexity index is 1610. The van der Waals surface area contributed by atoms with Crippen LogP contribution < -0.4 is 8.92 Å². The van der Waals surface area contributed by atoms with Gasteiger partial charge in [0.2, 0.25) is 0 Å². The molecule has 5 rings (SSSR count). The van der Waals surface area contributed by atoms with E-state index in [1.165, 1.54) is 43.1 Å². The number of nitrogens with one attached hydrogen (secondary N) is 1. The van der Waals surface area contributed by atoms with Crippen molar-refractivity contribution in [2.45, 2.75) is 11.8 Å². The fourth-order valence-electron chi connectivity index (χ4n) is 3.80. The topological polar surface area (TPSA) is 109 Å². The number of amidine groups is 2. The van der Waals surface area contributed by atoms with E-state index < -0.39 is 16.0 Å². The van der Waals surface area contributed by atoms with E-state index in [0.29, 0.717) is 10.7 Å². The molecule has 3 aromatic carbocycles. The first-order valence-corrected chi connectivity index (χ1v) is 13.4. The lowest BCUT2D eigenvalue weighted by Crippen LogP contribution is -2.38. The Morgan fingerprint density at radius 1 is 1.00 bits per heavy atom. The molecule has 0 aromatic heterocycles. The normalized spacial score (nSPS) is 16.4. The molecule has 0 saturated carbocycles. The molecule has 2 aliphatic rings. The van der Waals surface area contributed by atoms with Crippen LogP contribution in [0.3, 0.4) is 0 Å². The molecule has 0 saturated heterocycles. The lowest BCUT2D eigenvalue weighted by atomic mass is 10.1. The monoisotopic (exact) mass is 531 g/mol. The molecule has 10 heteroatoms. The van der Waals surface area contributed by atoms with Crippen molar-refractivity contribution in [2.24, 2.45) is 4.99 Å². The molecule has 0 unspecified atom stereocenters. The maximum Gasteiger partial charge on any atom is 0.339 e. The zero-order valence-corrected chi connectivity index (χ0v) is 21.5. The molecule has 1 amide bonds. The van der Waals surface area contributed by atoms with Crippen LogP contribution in [-0.4, -0.2) is 37.3 Å². The highest BCUT2D eigenvalue weighted by Gasteiger charge is 2.36. The summed E-state index contributed by atoms with van der Waals surface area (Å²) in [6, 6.07) is 20.5. The second-order valence-electron chi connectivity index (χ2n) is 8.19. The number of methoxy groups -OCH3 is 1. The van der Waals surface area contributed by atoms with E-state index in [0.717, 1.165) is 16.8 Å². The largest absolute Gasteiger partial charge is 0.493 e. The van der Waals surface area contributed by atoms with Gasteiger partial charge in [0.25, 0.3) is 5.91 Å². The highest BCUT2D eigenvalue weighted by atomic mass is 32.2. The van der Waals surface area contributed by atoms with Gasteiger partial charge >= 0.3 is 10.1 Å². The molecule has 1 N–H and O–H groups in total. The molecule has 0 atom stereocenters. The second kappa shape index (κ2) is 9.72. The maximum atomic E-state index is 12.8. The molecule has 0 spiro atoms. The van der Waals surface area contributed by atoms with Crippen LogP contribution in [0.2, 0.25) is 0 Å². The standard InChI is InChI=1S/C27H21N3O5S2/c1-17-8-11-20(12-9-17)37(32,33)35-23-13-10-18(15-24(23)34-2)14-21-25(28)30-22(19-6-4-3-5-7-19)16-36-27(30)29-26(21)31/h3-16,28H,1-2H3. The number of fused-ring (bicyclic) bond motifs is 1. The van der Waals surface area contributed by atoms with Gasteiger partial charge in [-0.3, -0.25) is 15.1 Å². The zero-order chi connectivity index (χ0) is 26.2. The summed E-state index contributed by atoms with van der Waals surface area (Å²) in [6.07, 6.45) is 1.53. The number of ether oxygens (including phenoxy) is 1. The minimum atomic E-state index is -4.08. The van der Waals surface area contributed by atoms with Crippen molar-refractivity contribution in [2.75, 3.05) is 7.11 Å². The van der Waals surface area contributed by atoms with Gasteiger partial charge in [-0.05, 0) is 48.4 Å². The van der Waals surface area contributed by atoms with Crippen molar-refractivity contribution in [3.05, 3.63) is 100 Å². The Morgan fingerprint density at radius 3 is 2.43 bits per heavy atom. The first-order valence-electron chi connectivity index (χ1n) is 11.1. The maximum absolute atomic E-state index is 12.8. The number of hydrogen-bond acceptors (Lipinski definition) is 7. The number of rotatable bonds is 6. The van der Waals surface area contributed by atoms with Gasteiger partial charge in [-0.25, -0.2) is 0 Å². The van der Waals surface area contributed by atoms with Crippen LogP contribution in [0.4, 0.5) is 0 Å². The third kappa shape index (κ3) is 4.81. The average molecular weight is 532 g/mol. The molecular weight excluding hydrogens is 510 g/mol. The van der Waals surface area contributed by atoms with Crippen molar-refractivity contribution in [3.63, 3.8) is 0 Å². The van der Waals surface area contributed by atoms with Gasteiger partial charge in [0.15, 0.2) is 16.7 Å². The number of carbonyl (C=O) groups excluding carboxylic acids is 1. The number of aliphatic imine (C=N–C) groups is 1. The van der Waals surface area contributed by atoms with Gasteiger partial charge < -0.3 is 8.92 Å². The van der Waals surface area contributed by atoms with Crippen LogP contribution in [0.25, 0.3) is 11.8 Å². The van der Waals surface area contributed by atoms with Crippen molar-refractivity contribution in [1.82, 2.24) is 4.90 Å².